The highest BCUT2D eigenvalue weighted by Crippen LogP contribution is 2.21. The van der Waals surface area contributed by atoms with Crippen molar-refractivity contribution < 1.29 is 19.1 Å². The van der Waals surface area contributed by atoms with Crippen molar-refractivity contribution in [2.24, 2.45) is 0 Å². The van der Waals surface area contributed by atoms with E-state index in [1.807, 2.05) is 36.4 Å². The minimum Gasteiger partial charge on any atom is -0.481 e. The highest BCUT2D eigenvalue weighted by Gasteiger charge is 2.19. The molecule has 0 aliphatic rings. The quantitative estimate of drug-likeness (QED) is 0.549. The Morgan fingerprint density at radius 3 is 2.13 bits per heavy atom. The average molecular weight is 405 g/mol. The van der Waals surface area contributed by atoms with Crippen molar-refractivity contribution in [3.63, 3.8) is 0 Å². The zero-order valence-electron chi connectivity index (χ0n) is 16.7. The highest BCUT2D eigenvalue weighted by atomic mass is 16.5. The number of fused-ring (bicyclic) bond motifs is 1. The molecular weight excluding hydrogens is 382 g/mol. The first kappa shape index (κ1) is 20.9. The molecule has 7 nitrogen and oxygen atoms in total. The van der Waals surface area contributed by atoms with Gasteiger partial charge in [-0.15, -0.1) is 0 Å². The number of ether oxygens (including phenoxy) is 1. The Morgan fingerprint density at radius 1 is 0.767 bits per heavy atom. The van der Waals surface area contributed by atoms with Gasteiger partial charge in [0, 0.05) is 5.56 Å². The molecule has 0 bridgehead atoms. The molecule has 3 rings (SSSR count). The fourth-order valence-corrected chi connectivity index (χ4v) is 2.77. The maximum absolute atomic E-state index is 12.2. The number of benzene rings is 3. The number of carbonyl (C=O) groups excluding carboxylic acids is 3. The molecule has 2 atom stereocenters. The van der Waals surface area contributed by atoms with E-state index < -0.39 is 24.0 Å². The van der Waals surface area contributed by atoms with Crippen molar-refractivity contribution in [1.82, 2.24) is 16.2 Å². The van der Waals surface area contributed by atoms with Crippen LogP contribution in [0.1, 0.15) is 24.2 Å². The van der Waals surface area contributed by atoms with E-state index in [1.54, 1.807) is 43.3 Å². The normalized spacial score (nSPS) is 12.5. The Labute approximate surface area is 174 Å². The van der Waals surface area contributed by atoms with Gasteiger partial charge in [0.25, 0.3) is 17.7 Å². The van der Waals surface area contributed by atoms with E-state index in [0.29, 0.717) is 11.3 Å². The molecule has 0 saturated heterocycles. The number of hydrogen-bond acceptors (Lipinski definition) is 4. The van der Waals surface area contributed by atoms with Crippen LogP contribution in [-0.2, 0) is 9.59 Å². The van der Waals surface area contributed by atoms with Crippen molar-refractivity contribution in [1.29, 1.82) is 0 Å². The zero-order chi connectivity index (χ0) is 21.5. The maximum atomic E-state index is 12.2. The number of carbonyl (C=O) groups is 3. The molecule has 0 radical (unpaired) electrons. The molecule has 3 N–H and O–H groups in total. The summed E-state index contributed by atoms with van der Waals surface area (Å²) in [6.07, 6.45) is -0.833. The smallest absolute Gasteiger partial charge is 0.279 e. The second kappa shape index (κ2) is 9.56. The fraction of sp³-hybridized carbons (Fsp3) is 0.174. The van der Waals surface area contributed by atoms with Crippen LogP contribution in [0.3, 0.4) is 0 Å². The number of amides is 3. The molecule has 0 fully saturated rings. The van der Waals surface area contributed by atoms with Gasteiger partial charge in [-0.3, -0.25) is 25.2 Å². The summed E-state index contributed by atoms with van der Waals surface area (Å²) in [4.78, 5) is 36.5. The van der Waals surface area contributed by atoms with Gasteiger partial charge in [-0.25, -0.2) is 0 Å². The van der Waals surface area contributed by atoms with Crippen LogP contribution < -0.4 is 20.9 Å². The molecule has 3 amide bonds. The van der Waals surface area contributed by atoms with E-state index in [4.69, 9.17) is 4.74 Å². The van der Waals surface area contributed by atoms with E-state index >= 15 is 0 Å². The molecule has 3 aromatic carbocycles. The molecule has 0 heterocycles. The third-order valence-electron chi connectivity index (χ3n) is 4.49. The Morgan fingerprint density at radius 2 is 1.40 bits per heavy atom. The number of hydrazine groups is 1. The number of nitrogens with one attached hydrogen (secondary N) is 3. The standard InChI is InChI=1S/C23H23N3O4/c1-15(24-23(29)18-9-4-3-5-10-18)21(27)25-26-22(28)16(2)30-20-13-12-17-8-6-7-11-19(17)14-20/h3-16H,1-2H3,(H,24,29)(H,25,27)(H,26,28)/t15-,16?/m0/s1. The Balaban J connectivity index is 1.48. The van der Waals surface area contributed by atoms with Crippen LogP contribution >= 0.6 is 0 Å². The van der Waals surface area contributed by atoms with Gasteiger partial charge in [0.1, 0.15) is 11.8 Å². The Kier molecular flexibility index (Phi) is 6.64. The van der Waals surface area contributed by atoms with Crippen LogP contribution in [0.15, 0.2) is 72.8 Å². The van der Waals surface area contributed by atoms with Crippen LogP contribution in [0.5, 0.6) is 5.75 Å². The molecule has 0 aliphatic carbocycles. The van der Waals surface area contributed by atoms with E-state index in [1.165, 1.54) is 6.92 Å². The predicted octanol–water partition coefficient (Wildman–Crippen LogP) is 2.57. The minimum atomic E-state index is -0.838. The topological polar surface area (TPSA) is 96.5 Å². The average Bonchev–Trinajstić information content (AvgIpc) is 2.77. The lowest BCUT2D eigenvalue weighted by atomic mass is 10.1. The second-order valence-electron chi connectivity index (χ2n) is 6.81. The van der Waals surface area contributed by atoms with Gasteiger partial charge in [0.05, 0.1) is 0 Å². The molecule has 0 aliphatic heterocycles. The van der Waals surface area contributed by atoms with Crippen LogP contribution in [0.2, 0.25) is 0 Å². The summed E-state index contributed by atoms with van der Waals surface area (Å²) in [7, 11) is 0. The molecule has 30 heavy (non-hydrogen) atoms. The SMILES string of the molecule is CC(Oc1ccc2ccccc2c1)C(=O)NNC(=O)[C@H](C)NC(=O)c1ccccc1. The Hall–Kier alpha value is -3.87. The van der Waals surface area contributed by atoms with Crippen molar-refractivity contribution in [3.05, 3.63) is 78.4 Å². The predicted molar refractivity (Wildman–Crippen MR) is 114 cm³/mol. The number of hydrogen-bond donors (Lipinski definition) is 3. The second-order valence-corrected chi connectivity index (χ2v) is 6.81. The molecule has 1 unspecified atom stereocenters. The van der Waals surface area contributed by atoms with Gasteiger partial charge in [-0.1, -0.05) is 48.5 Å². The van der Waals surface area contributed by atoms with Crippen LogP contribution in [0.4, 0.5) is 0 Å². The molecular formula is C23H23N3O4. The summed E-state index contributed by atoms with van der Waals surface area (Å²) in [6.45, 7) is 3.11. The summed E-state index contributed by atoms with van der Waals surface area (Å²) >= 11 is 0. The minimum absolute atomic E-state index is 0.377. The van der Waals surface area contributed by atoms with E-state index in [2.05, 4.69) is 16.2 Å². The molecule has 7 heteroatoms. The van der Waals surface area contributed by atoms with Crippen LogP contribution in [0.25, 0.3) is 10.8 Å². The monoisotopic (exact) mass is 405 g/mol. The first-order chi connectivity index (χ1) is 14.4. The first-order valence-corrected chi connectivity index (χ1v) is 9.55. The summed E-state index contributed by atoms with van der Waals surface area (Å²) in [6, 6.07) is 21.1. The lowest BCUT2D eigenvalue weighted by Gasteiger charge is -2.18. The van der Waals surface area contributed by atoms with Gasteiger partial charge in [0.2, 0.25) is 0 Å². The van der Waals surface area contributed by atoms with Crippen molar-refractivity contribution in [2.75, 3.05) is 0 Å². The summed E-state index contributed by atoms with van der Waals surface area (Å²) in [5.41, 5.74) is 5.06. The third-order valence-corrected chi connectivity index (χ3v) is 4.49. The van der Waals surface area contributed by atoms with Gasteiger partial charge < -0.3 is 10.1 Å². The molecule has 0 aromatic heterocycles. The third kappa shape index (κ3) is 5.35. The largest absolute Gasteiger partial charge is 0.481 e. The zero-order valence-corrected chi connectivity index (χ0v) is 16.7. The summed E-state index contributed by atoms with van der Waals surface area (Å²) in [5, 5.41) is 4.64. The van der Waals surface area contributed by atoms with Gasteiger partial charge in [-0.05, 0) is 48.9 Å². The van der Waals surface area contributed by atoms with E-state index in [9.17, 15) is 14.4 Å². The van der Waals surface area contributed by atoms with E-state index in [0.717, 1.165) is 10.8 Å². The van der Waals surface area contributed by atoms with Gasteiger partial charge >= 0.3 is 0 Å². The molecule has 0 saturated carbocycles. The van der Waals surface area contributed by atoms with E-state index in [-0.39, 0.29) is 5.91 Å². The van der Waals surface area contributed by atoms with Gasteiger partial charge in [0.15, 0.2) is 6.10 Å². The van der Waals surface area contributed by atoms with Crippen LogP contribution in [0, 0.1) is 0 Å². The van der Waals surface area contributed by atoms with Gasteiger partial charge in [-0.2, -0.15) is 0 Å². The summed E-state index contributed by atoms with van der Waals surface area (Å²) < 4.78 is 5.67. The Bertz CT molecular complexity index is 1050. The van der Waals surface area contributed by atoms with Crippen molar-refractivity contribution in [3.8, 4) is 5.75 Å². The number of rotatable bonds is 6. The lowest BCUT2D eigenvalue weighted by Crippen LogP contribution is -2.53. The summed E-state index contributed by atoms with van der Waals surface area (Å²) in [5.74, 6) is -0.896. The van der Waals surface area contributed by atoms with Crippen molar-refractivity contribution >= 4 is 28.5 Å². The lowest BCUT2D eigenvalue weighted by molar-refractivity contribution is -0.133. The molecule has 154 valence electrons. The first-order valence-electron chi connectivity index (χ1n) is 9.55. The molecule has 0 spiro atoms. The molecule has 3 aromatic rings. The van der Waals surface area contributed by atoms with Crippen LogP contribution in [-0.4, -0.2) is 29.9 Å². The highest BCUT2D eigenvalue weighted by molar-refractivity contribution is 5.97. The maximum Gasteiger partial charge on any atom is 0.279 e. The fourth-order valence-electron chi connectivity index (χ4n) is 2.77. The van der Waals surface area contributed by atoms with Crippen molar-refractivity contribution in [2.45, 2.75) is 26.0 Å².